The Kier molecular flexibility index (Phi) is 6.49. The smallest absolute Gasteiger partial charge is 0.261 e. The first-order valence-corrected chi connectivity index (χ1v) is 9.40. The van der Waals surface area contributed by atoms with E-state index in [0.29, 0.717) is 35.5 Å². The zero-order valence-corrected chi connectivity index (χ0v) is 16.7. The van der Waals surface area contributed by atoms with E-state index in [1.807, 2.05) is 0 Å². The quantitative estimate of drug-likeness (QED) is 0.576. The van der Waals surface area contributed by atoms with E-state index in [2.05, 4.69) is 24.3 Å². The van der Waals surface area contributed by atoms with Crippen LogP contribution in [-0.2, 0) is 6.54 Å². The first-order chi connectivity index (χ1) is 13.8. The van der Waals surface area contributed by atoms with Gasteiger partial charge in [-0.2, -0.15) is 5.10 Å². The molecule has 8 heteroatoms. The SMILES string of the molecule is CC(C)COc1ccc(Cl)cc1Cn1cc(NC(=O)c2c(F)cccc2F)cn1. The van der Waals surface area contributed by atoms with Gasteiger partial charge in [0, 0.05) is 16.8 Å². The Labute approximate surface area is 172 Å². The van der Waals surface area contributed by atoms with Crippen LogP contribution in [0.2, 0.25) is 5.02 Å². The fourth-order valence-electron chi connectivity index (χ4n) is 2.67. The van der Waals surface area contributed by atoms with Crippen LogP contribution in [0.15, 0.2) is 48.8 Å². The van der Waals surface area contributed by atoms with E-state index < -0.39 is 23.1 Å². The number of aromatic nitrogens is 2. The lowest BCUT2D eigenvalue weighted by molar-refractivity contribution is 0.101. The predicted octanol–water partition coefficient (Wildman–Crippen LogP) is 5.15. The molecule has 5 nitrogen and oxygen atoms in total. The first kappa shape index (κ1) is 20.8. The molecule has 0 bridgehead atoms. The standard InChI is InChI=1S/C21H20ClF2N3O2/c1-13(2)12-29-19-7-6-15(22)8-14(19)10-27-11-16(9-25-27)26-21(28)20-17(23)4-3-5-18(20)24/h3-9,11,13H,10,12H2,1-2H3,(H,26,28). The molecule has 152 valence electrons. The minimum atomic E-state index is -0.930. The van der Waals surface area contributed by atoms with Gasteiger partial charge < -0.3 is 10.1 Å². The van der Waals surface area contributed by atoms with Crippen molar-refractivity contribution in [1.29, 1.82) is 0 Å². The molecule has 1 amide bonds. The number of halogens is 3. The zero-order valence-electron chi connectivity index (χ0n) is 16.0. The molecule has 1 heterocycles. The molecule has 0 saturated heterocycles. The minimum Gasteiger partial charge on any atom is -0.493 e. The third kappa shape index (κ3) is 5.32. The lowest BCUT2D eigenvalue weighted by Crippen LogP contribution is -2.15. The van der Waals surface area contributed by atoms with Gasteiger partial charge in [-0.3, -0.25) is 9.48 Å². The van der Waals surface area contributed by atoms with Crippen molar-refractivity contribution in [3.63, 3.8) is 0 Å². The van der Waals surface area contributed by atoms with Crippen molar-refractivity contribution >= 4 is 23.2 Å². The third-order valence-electron chi connectivity index (χ3n) is 4.01. The molecule has 1 N–H and O–H groups in total. The highest BCUT2D eigenvalue weighted by molar-refractivity contribution is 6.30. The summed E-state index contributed by atoms with van der Waals surface area (Å²) in [5.74, 6) is -1.69. The van der Waals surface area contributed by atoms with Gasteiger partial charge in [0.25, 0.3) is 5.91 Å². The summed E-state index contributed by atoms with van der Waals surface area (Å²) in [5, 5.41) is 7.20. The van der Waals surface area contributed by atoms with E-state index in [0.717, 1.165) is 17.7 Å². The molecule has 0 atom stereocenters. The summed E-state index contributed by atoms with van der Waals surface area (Å²) in [5.41, 5.74) is 0.489. The average Bonchev–Trinajstić information content (AvgIpc) is 3.07. The van der Waals surface area contributed by atoms with Crippen LogP contribution < -0.4 is 10.1 Å². The first-order valence-electron chi connectivity index (χ1n) is 9.02. The molecule has 29 heavy (non-hydrogen) atoms. The van der Waals surface area contributed by atoms with Gasteiger partial charge in [-0.1, -0.05) is 31.5 Å². The van der Waals surface area contributed by atoms with Crippen molar-refractivity contribution in [2.45, 2.75) is 20.4 Å². The molecule has 2 aromatic carbocycles. The monoisotopic (exact) mass is 419 g/mol. The molecule has 0 aliphatic heterocycles. The summed E-state index contributed by atoms with van der Waals surface area (Å²) in [4.78, 5) is 12.2. The number of benzene rings is 2. The molecule has 3 rings (SSSR count). The topological polar surface area (TPSA) is 56.1 Å². The van der Waals surface area contributed by atoms with Gasteiger partial charge in [0.05, 0.1) is 25.0 Å². The molecule has 0 spiro atoms. The maximum Gasteiger partial charge on any atom is 0.261 e. The summed E-state index contributed by atoms with van der Waals surface area (Å²) < 4.78 is 34.9. The lowest BCUT2D eigenvalue weighted by atomic mass is 10.2. The second-order valence-electron chi connectivity index (χ2n) is 6.93. The molecule has 0 fully saturated rings. The number of nitrogens with zero attached hydrogens (tertiary/aromatic N) is 2. The van der Waals surface area contributed by atoms with E-state index in [4.69, 9.17) is 16.3 Å². The molecule has 3 aromatic rings. The van der Waals surface area contributed by atoms with Crippen LogP contribution >= 0.6 is 11.6 Å². The van der Waals surface area contributed by atoms with Gasteiger partial charge in [-0.05, 0) is 36.2 Å². The van der Waals surface area contributed by atoms with Crippen molar-refractivity contribution in [1.82, 2.24) is 9.78 Å². The highest BCUT2D eigenvalue weighted by Gasteiger charge is 2.18. The van der Waals surface area contributed by atoms with Crippen molar-refractivity contribution in [3.05, 3.63) is 76.6 Å². The molecular weight excluding hydrogens is 400 g/mol. The number of hydrogen-bond acceptors (Lipinski definition) is 3. The van der Waals surface area contributed by atoms with Crippen molar-refractivity contribution in [3.8, 4) is 5.75 Å². The minimum absolute atomic E-state index is 0.310. The van der Waals surface area contributed by atoms with E-state index in [9.17, 15) is 13.6 Å². The average molecular weight is 420 g/mol. The number of carbonyl (C=O) groups is 1. The number of nitrogens with one attached hydrogen (secondary N) is 1. The molecule has 0 unspecified atom stereocenters. The maximum atomic E-state index is 13.8. The van der Waals surface area contributed by atoms with Gasteiger partial charge in [-0.15, -0.1) is 0 Å². The van der Waals surface area contributed by atoms with E-state index >= 15 is 0 Å². The van der Waals surface area contributed by atoms with E-state index in [1.165, 1.54) is 12.3 Å². The highest BCUT2D eigenvalue weighted by atomic mass is 35.5. The van der Waals surface area contributed by atoms with E-state index in [1.54, 1.807) is 29.1 Å². The summed E-state index contributed by atoms with van der Waals surface area (Å²) in [6.45, 7) is 5.01. The zero-order chi connectivity index (χ0) is 21.0. The number of ether oxygens (including phenoxy) is 1. The van der Waals surface area contributed by atoms with E-state index in [-0.39, 0.29) is 0 Å². The Morgan fingerprint density at radius 3 is 2.66 bits per heavy atom. The van der Waals surface area contributed by atoms with Crippen molar-refractivity contribution in [2.75, 3.05) is 11.9 Å². The van der Waals surface area contributed by atoms with Gasteiger partial charge in [0.2, 0.25) is 0 Å². The van der Waals surface area contributed by atoms with Gasteiger partial charge in [0.15, 0.2) is 0 Å². The Bertz CT molecular complexity index is 1000. The Morgan fingerprint density at radius 2 is 1.97 bits per heavy atom. The third-order valence-corrected chi connectivity index (χ3v) is 4.24. The van der Waals surface area contributed by atoms with Gasteiger partial charge >= 0.3 is 0 Å². The summed E-state index contributed by atoms with van der Waals surface area (Å²) in [7, 11) is 0. The Balaban J connectivity index is 1.74. The normalized spacial score (nSPS) is 11.0. The molecule has 1 aromatic heterocycles. The van der Waals surface area contributed by atoms with Crippen LogP contribution in [-0.4, -0.2) is 22.3 Å². The van der Waals surface area contributed by atoms with Crippen molar-refractivity contribution < 1.29 is 18.3 Å². The van der Waals surface area contributed by atoms with Crippen LogP contribution in [0.3, 0.4) is 0 Å². The molecule has 0 radical (unpaired) electrons. The Morgan fingerprint density at radius 1 is 1.24 bits per heavy atom. The second kappa shape index (κ2) is 9.05. The number of amides is 1. The number of carbonyl (C=O) groups excluding carboxylic acids is 1. The number of hydrogen-bond donors (Lipinski definition) is 1. The van der Waals surface area contributed by atoms with Crippen LogP contribution in [0.1, 0.15) is 29.8 Å². The fourth-order valence-corrected chi connectivity index (χ4v) is 2.86. The van der Waals surface area contributed by atoms with Crippen LogP contribution in [0, 0.1) is 17.6 Å². The predicted molar refractivity (Wildman–Crippen MR) is 107 cm³/mol. The van der Waals surface area contributed by atoms with Crippen LogP contribution in [0.5, 0.6) is 5.75 Å². The van der Waals surface area contributed by atoms with Gasteiger partial charge in [-0.25, -0.2) is 8.78 Å². The Hall–Kier alpha value is -2.93. The summed E-state index contributed by atoms with van der Waals surface area (Å²) >= 11 is 6.10. The molecular formula is C21H20ClF2N3O2. The molecule has 0 saturated carbocycles. The largest absolute Gasteiger partial charge is 0.493 e. The summed E-state index contributed by atoms with van der Waals surface area (Å²) in [6.07, 6.45) is 2.96. The van der Waals surface area contributed by atoms with Gasteiger partial charge in [0.1, 0.15) is 22.9 Å². The summed E-state index contributed by atoms with van der Waals surface area (Å²) in [6, 6.07) is 8.58. The fraction of sp³-hybridized carbons (Fsp3) is 0.238. The molecule has 0 aliphatic rings. The van der Waals surface area contributed by atoms with Crippen molar-refractivity contribution in [2.24, 2.45) is 5.92 Å². The number of anilines is 1. The van der Waals surface area contributed by atoms with Crippen LogP contribution in [0.4, 0.5) is 14.5 Å². The van der Waals surface area contributed by atoms with Crippen LogP contribution in [0.25, 0.3) is 0 Å². The highest BCUT2D eigenvalue weighted by Crippen LogP contribution is 2.25. The second-order valence-corrected chi connectivity index (χ2v) is 7.37. The molecule has 0 aliphatic carbocycles. The number of rotatable bonds is 7. The maximum absolute atomic E-state index is 13.8. The lowest BCUT2D eigenvalue weighted by Gasteiger charge is -2.13.